The molecule has 1 aliphatic heterocycles. The number of rotatable bonds is 4. The van der Waals surface area contributed by atoms with Crippen molar-refractivity contribution in [3.05, 3.63) is 12.2 Å². The number of thioether (sulfide) groups is 1. The first kappa shape index (κ1) is 14.1. The van der Waals surface area contributed by atoms with Gasteiger partial charge in [-0.2, -0.15) is 0 Å². The molecule has 1 saturated heterocycles. The van der Waals surface area contributed by atoms with Crippen molar-refractivity contribution in [3.8, 4) is 0 Å². The molecule has 1 rings (SSSR count). The third-order valence-corrected chi connectivity index (χ3v) is 3.18. The minimum Gasteiger partial charge on any atom is -0.450 e. The summed E-state index contributed by atoms with van der Waals surface area (Å²) in [7, 11) is 0. The molecule has 0 radical (unpaired) electrons. The third kappa shape index (κ3) is 4.79. The molecule has 6 heteroatoms. The molecule has 1 unspecified atom stereocenters. The Bertz CT molecular complexity index is 320. The monoisotopic (exact) mass is 260 g/mol. The van der Waals surface area contributed by atoms with Crippen LogP contribution in [0.4, 0.5) is 0 Å². The van der Waals surface area contributed by atoms with Crippen LogP contribution in [0.25, 0.3) is 0 Å². The van der Waals surface area contributed by atoms with Gasteiger partial charge >= 0.3 is 11.9 Å². The molecular weight excluding hydrogens is 244 g/mol. The van der Waals surface area contributed by atoms with E-state index in [0.717, 1.165) is 5.75 Å². The third-order valence-electron chi connectivity index (χ3n) is 2.00. The maximum absolute atomic E-state index is 11.4. The van der Waals surface area contributed by atoms with E-state index in [2.05, 4.69) is 11.3 Å². The van der Waals surface area contributed by atoms with Crippen molar-refractivity contribution >= 4 is 23.7 Å². The molecule has 0 aromatic carbocycles. The van der Waals surface area contributed by atoms with Gasteiger partial charge in [-0.05, 0) is 13.8 Å². The molecule has 0 spiro atoms. The molecule has 0 saturated carbocycles. The highest BCUT2D eigenvalue weighted by Gasteiger charge is 2.32. The molecule has 0 aromatic heterocycles. The summed E-state index contributed by atoms with van der Waals surface area (Å²) in [4.78, 5) is 21.8. The van der Waals surface area contributed by atoms with Crippen LogP contribution in [-0.2, 0) is 23.8 Å². The fourth-order valence-corrected chi connectivity index (χ4v) is 2.14. The van der Waals surface area contributed by atoms with E-state index in [9.17, 15) is 9.59 Å². The second-order valence-corrected chi connectivity index (χ2v) is 5.43. The topological polar surface area (TPSA) is 61.8 Å². The van der Waals surface area contributed by atoms with Gasteiger partial charge in [-0.25, -0.2) is 9.59 Å². The van der Waals surface area contributed by atoms with Crippen molar-refractivity contribution < 1.29 is 23.8 Å². The lowest BCUT2D eigenvalue weighted by atomic mass is 10.4. The summed E-state index contributed by atoms with van der Waals surface area (Å²) in [5.74, 6) is -0.408. The molecule has 5 nitrogen and oxygen atoms in total. The number of hydrogen-bond donors (Lipinski definition) is 0. The number of ether oxygens (including phenoxy) is 3. The highest BCUT2D eigenvalue weighted by Crippen LogP contribution is 2.30. The molecule has 0 N–H and O–H groups in total. The Morgan fingerprint density at radius 3 is 2.76 bits per heavy atom. The highest BCUT2D eigenvalue weighted by molar-refractivity contribution is 8.00. The lowest BCUT2D eigenvalue weighted by molar-refractivity contribution is -0.164. The molecule has 0 bridgehead atoms. The molecule has 0 amide bonds. The fraction of sp³-hybridized carbons (Fsp3) is 0.636. The molecular formula is C11H16O5S. The summed E-state index contributed by atoms with van der Waals surface area (Å²) >= 11 is 1.51. The zero-order chi connectivity index (χ0) is 12.9. The van der Waals surface area contributed by atoms with Crippen molar-refractivity contribution in [3.63, 3.8) is 0 Å². The predicted octanol–water partition coefficient (Wildman–Crippen LogP) is 1.13. The van der Waals surface area contributed by atoms with Crippen molar-refractivity contribution in [2.45, 2.75) is 18.8 Å². The van der Waals surface area contributed by atoms with Crippen molar-refractivity contribution in [2.75, 3.05) is 25.6 Å². The summed E-state index contributed by atoms with van der Waals surface area (Å²) in [6, 6.07) is 0. The van der Waals surface area contributed by atoms with E-state index in [1.807, 2.05) is 0 Å². The number of carbonyl (C=O) groups excluding carboxylic acids is 2. The molecule has 17 heavy (non-hydrogen) atoms. The van der Waals surface area contributed by atoms with Gasteiger partial charge in [-0.1, -0.05) is 6.58 Å². The maximum atomic E-state index is 11.4. The van der Waals surface area contributed by atoms with E-state index in [0.29, 0.717) is 13.2 Å². The van der Waals surface area contributed by atoms with Crippen LogP contribution in [0.2, 0.25) is 0 Å². The summed E-state index contributed by atoms with van der Waals surface area (Å²) < 4.78 is 15.1. The first-order chi connectivity index (χ1) is 7.93. The Kier molecular flexibility index (Phi) is 5.02. The predicted molar refractivity (Wildman–Crippen MR) is 63.5 cm³/mol. The Morgan fingerprint density at radius 1 is 1.53 bits per heavy atom. The van der Waals surface area contributed by atoms with Gasteiger partial charge in [0.15, 0.2) is 11.5 Å². The Labute approximate surface area is 104 Å². The second kappa shape index (κ2) is 6.07. The molecule has 96 valence electrons. The molecule has 1 aliphatic rings. The van der Waals surface area contributed by atoms with Crippen LogP contribution in [0.1, 0.15) is 13.8 Å². The zero-order valence-electron chi connectivity index (χ0n) is 9.99. The summed E-state index contributed by atoms with van der Waals surface area (Å²) in [6.07, 6.45) is 0. The Morgan fingerprint density at radius 2 is 2.24 bits per heavy atom. The quantitative estimate of drug-likeness (QED) is 0.558. The van der Waals surface area contributed by atoms with E-state index < -0.39 is 23.5 Å². The van der Waals surface area contributed by atoms with Gasteiger partial charge in [0.05, 0.1) is 13.2 Å². The smallest absolute Gasteiger partial charge is 0.345 e. The van der Waals surface area contributed by atoms with Gasteiger partial charge in [0, 0.05) is 11.3 Å². The van der Waals surface area contributed by atoms with Crippen LogP contribution in [0, 0.1) is 0 Å². The minimum absolute atomic E-state index is 0.249. The lowest BCUT2D eigenvalue weighted by Gasteiger charge is -2.32. The standard InChI is InChI=1S/C11H16O5S/c1-8(2)10(13)15-6-9(12)16-11(3)7-14-4-5-17-11/h1,4-7H2,2-3H3. The van der Waals surface area contributed by atoms with E-state index in [1.165, 1.54) is 18.7 Å². The second-order valence-electron chi connectivity index (χ2n) is 3.87. The first-order valence-corrected chi connectivity index (χ1v) is 6.18. The molecule has 1 heterocycles. The average Bonchev–Trinajstić information content (AvgIpc) is 2.26. The van der Waals surface area contributed by atoms with Crippen molar-refractivity contribution in [1.82, 2.24) is 0 Å². The number of carbonyl (C=O) groups is 2. The molecule has 0 aromatic rings. The normalized spacial score (nSPS) is 23.9. The van der Waals surface area contributed by atoms with Crippen molar-refractivity contribution in [2.24, 2.45) is 0 Å². The Hall–Kier alpha value is -1.01. The summed E-state index contributed by atoms with van der Waals surface area (Å²) in [5, 5.41) is 0. The fourth-order valence-electron chi connectivity index (χ4n) is 1.19. The number of esters is 2. The van der Waals surface area contributed by atoms with E-state index in [4.69, 9.17) is 9.47 Å². The van der Waals surface area contributed by atoms with Gasteiger partial charge in [0.25, 0.3) is 0 Å². The minimum atomic E-state index is -0.690. The largest absolute Gasteiger partial charge is 0.450 e. The SMILES string of the molecule is C=C(C)C(=O)OCC(=O)OC1(C)COCCS1. The highest BCUT2D eigenvalue weighted by atomic mass is 32.2. The maximum Gasteiger partial charge on any atom is 0.345 e. The lowest BCUT2D eigenvalue weighted by Crippen LogP contribution is -2.38. The van der Waals surface area contributed by atoms with Crippen LogP contribution in [-0.4, -0.2) is 42.4 Å². The van der Waals surface area contributed by atoms with Crippen LogP contribution in [0.5, 0.6) is 0 Å². The van der Waals surface area contributed by atoms with E-state index >= 15 is 0 Å². The first-order valence-electron chi connectivity index (χ1n) is 5.19. The van der Waals surface area contributed by atoms with Crippen LogP contribution >= 0.6 is 11.8 Å². The van der Waals surface area contributed by atoms with E-state index in [-0.39, 0.29) is 5.57 Å². The van der Waals surface area contributed by atoms with E-state index in [1.54, 1.807) is 6.92 Å². The van der Waals surface area contributed by atoms with Crippen LogP contribution < -0.4 is 0 Å². The van der Waals surface area contributed by atoms with Gasteiger partial charge in [0.1, 0.15) is 0 Å². The van der Waals surface area contributed by atoms with Gasteiger partial charge in [0.2, 0.25) is 0 Å². The number of hydrogen-bond acceptors (Lipinski definition) is 6. The zero-order valence-corrected chi connectivity index (χ0v) is 10.8. The molecule has 1 fully saturated rings. The van der Waals surface area contributed by atoms with Crippen LogP contribution in [0.3, 0.4) is 0 Å². The van der Waals surface area contributed by atoms with Gasteiger partial charge in [-0.3, -0.25) is 0 Å². The molecule has 1 atom stereocenters. The van der Waals surface area contributed by atoms with Crippen molar-refractivity contribution in [1.29, 1.82) is 0 Å². The summed E-state index contributed by atoms with van der Waals surface area (Å²) in [5.41, 5.74) is 0.249. The molecule has 0 aliphatic carbocycles. The van der Waals surface area contributed by atoms with Crippen LogP contribution in [0.15, 0.2) is 12.2 Å². The Balaban J connectivity index is 2.33. The van der Waals surface area contributed by atoms with Gasteiger partial charge < -0.3 is 14.2 Å². The van der Waals surface area contributed by atoms with Gasteiger partial charge in [-0.15, -0.1) is 11.8 Å². The average molecular weight is 260 g/mol. The summed E-state index contributed by atoms with van der Waals surface area (Å²) in [6.45, 7) is 7.30.